The van der Waals surface area contributed by atoms with Crippen molar-refractivity contribution in [1.82, 2.24) is 20.2 Å². The van der Waals surface area contributed by atoms with E-state index >= 15 is 0 Å². The van der Waals surface area contributed by atoms with Crippen LogP contribution in [0.1, 0.15) is 25.1 Å². The van der Waals surface area contributed by atoms with Crippen molar-refractivity contribution in [3.63, 3.8) is 0 Å². The van der Waals surface area contributed by atoms with E-state index in [0.717, 1.165) is 65.5 Å². The lowest BCUT2D eigenvalue weighted by Crippen LogP contribution is -2.06. The first-order valence-corrected chi connectivity index (χ1v) is 9.71. The second-order valence-corrected chi connectivity index (χ2v) is 7.13. The van der Waals surface area contributed by atoms with Crippen LogP contribution in [0.3, 0.4) is 0 Å². The van der Waals surface area contributed by atoms with Gasteiger partial charge in [0, 0.05) is 25.3 Å². The summed E-state index contributed by atoms with van der Waals surface area (Å²) in [6, 6.07) is 15.8. The van der Waals surface area contributed by atoms with Crippen molar-refractivity contribution < 1.29 is 9.47 Å². The van der Waals surface area contributed by atoms with E-state index in [1.807, 2.05) is 48.5 Å². The number of nitrogens with zero attached hydrogens (tertiary/aromatic N) is 2. The second kappa shape index (κ2) is 7.48. The Hall–Kier alpha value is -3.12. The number of aromatic nitrogens is 4. The van der Waals surface area contributed by atoms with Gasteiger partial charge in [-0.15, -0.1) is 0 Å². The number of imidazole rings is 1. The van der Waals surface area contributed by atoms with Gasteiger partial charge in [0.15, 0.2) is 0 Å². The summed E-state index contributed by atoms with van der Waals surface area (Å²) < 4.78 is 11.7. The third kappa shape index (κ3) is 3.64. The SMILES string of the molecule is c1cc(-c2ccc(Oc3ccc4nc(CC[C@@H]5CCCO5)[nH]c4c3)cc2)[nH]n1. The summed E-state index contributed by atoms with van der Waals surface area (Å²) in [5.74, 6) is 2.59. The first-order chi connectivity index (χ1) is 13.8. The molecule has 0 unspecified atom stereocenters. The molecule has 0 amide bonds. The molecule has 2 aromatic heterocycles. The zero-order valence-electron chi connectivity index (χ0n) is 15.5. The Balaban J connectivity index is 1.28. The fraction of sp³-hybridized carbons (Fsp3) is 0.273. The largest absolute Gasteiger partial charge is 0.457 e. The zero-order chi connectivity index (χ0) is 18.8. The van der Waals surface area contributed by atoms with Gasteiger partial charge in [-0.1, -0.05) is 0 Å². The standard InChI is InChI=1S/C22H22N4O2/c1-2-16(27-13-1)8-10-22-24-20-9-7-18(14-21(20)25-22)28-17-5-3-15(4-6-17)19-11-12-23-26-19/h3-7,9,11-12,14,16H,1-2,8,10,13H2,(H,23,26)(H,24,25)/t16-/m0/s1. The predicted molar refractivity (Wildman–Crippen MR) is 107 cm³/mol. The molecule has 2 N–H and O–H groups in total. The highest BCUT2D eigenvalue weighted by atomic mass is 16.5. The van der Waals surface area contributed by atoms with E-state index in [2.05, 4.69) is 20.2 Å². The molecule has 2 aromatic carbocycles. The Morgan fingerprint density at radius 2 is 1.96 bits per heavy atom. The highest BCUT2D eigenvalue weighted by molar-refractivity contribution is 5.77. The van der Waals surface area contributed by atoms with Crippen molar-refractivity contribution >= 4 is 11.0 Å². The summed E-state index contributed by atoms with van der Waals surface area (Å²) in [5, 5.41) is 6.95. The summed E-state index contributed by atoms with van der Waals surface area (Å²) in [4.78, 5) is 8.10. The van der Waals surface area contributed by atoms with E-state index in [0.29, 0.717) is 6.10 Å². The Bertz CT molecular complexity index is 1050. The van der Waals surface area contributed by atoms with Crippen LogP contribution in [0.4, 0.5) is 0 Å². The summed E-state index contributed by atoms with van der Waals surface area (Å²) in [5.41, 5.74) is 4.02. The molecular formula is C22H22N4O2. The molecule has 1 atom stereocenters. The van der Waals surface area contributed by atoms with E-state index in [-0.39, 0.29) is 0 Å². The van der Waals surface area contributed by atoms with Gasteiger partial charge in [0.05, 0.1) is 22.8 Å². The lowest BCUT2D eigenvalue weighted by atomic mass is 10.1. The van der Waals surface area contributed by atoms with Gasteiger partial charge in [0.2, 0.25) is 0 Å². The van der Waals surface area contributed by atoms with Crippen LogP contribution in [0.15, 0.2) is 54.7 Å². The number of benzene rings is 2. The van der Waals surface area contributed by atoms with Gasteiger partial charge in [-0.3, -0.25) is 5.10 Å². The summed E-state index contributed by atoms with van der Waals surface area (Å²) in [6.45, 7) is 0.897. The van der Waals surface area contributed by atoms with E-state index in [1.165, 1.54) is 6.42 Å². The minimum atomic E-state index is 0.386. The minimum absolute atomic E-state index is 0.386. The number of hydrogen-bond acceptors (Lipinski definition) is 4. The summed E-state index contributed by atoms with van der Waals surface area (Å²) >= 11 is 0. The van der Waals surface area contributed by atoms with Crippen LogP contribution in [0.25, 0.3) is 22.3 Å². The van der Waals surface area contributed by atoms with Gasteiger partial charge in [0.25, 0.3) is 0 Å². The first kappa shape index (κ1) is 17.0. The molecule has 0 radical (unpaired) electrons. The molecule has 28 heavy (non-hydrogen) atoms. The molecule has 3 heterocycles. The third-order valence-corrected chi connectivity index (χ3v) is 5.13. The summed E-state index contributed by atoms with van der Waals surface area (Å²) in [6.07, 6.45) is 6.40. The maximum absolute atomic E-state index is 6.02. The van der Waals surface area contributed by atoms with Gasteiger partial charge in [0.1, 0.15) is 17.3 Å². The highest BCUT2D eigenvalue weighted by Crippen LogP contribution is 2.27. The van der Waals surface area contributed by atoms with Gasteiger partial charge in [-0.25, -0.2) is 4.98 Å². The normalized spacial score (nSPS) is 16.6. The van der Waals surface area contributed by atoms with Crippen LogP contribution in [-0.4, -0.2) is 32.9 Å². The van der Waals surface area contributed by atoms with Crippen LogP contribution in [-0.2, 0) is 11.2 Å². The lowest BCUT2D eigenvalue weighted by molar-refractivity contribution is 0.104. The van der Waals surface area contributed by atoms with E-state index < -0.39 is 0 Å². The molecule has 1 fully saturated rings. The number of fused-ring (bicyclic) bond motifs is 1. The number of aromatic amines is 2. The van der Waals surface area contributed by atoms with Crippen molar-refractivity contribution in [2.75, 3.05) is 6.61 Å². The maximum atomic E-state index is 6.02. The van der Waals surface area contributed by atoms with Crippen LogP contribution >= 0.6 is 0 Å². The molecule has 1 aliphatic rings. The van der Waals surface area contributed by atoms with E-state index in [1.54, 1.807) is 6.20 Å². The summed E-state index contributed by atoms with van der Waals surface area (Å²) in [7, 11) is 0. The number of aryl methyl sites for hydroxylation is 1. The topological polar surface area (TPSA) is 75.8 Å². The van der Waals surface area contributed by atoms with Crippen LogP contribution < -0.4 is 4.74 Å². The number of rotatable bonds is 6. The Labute approximate surface area is 162 Å². The van der Waals surface area contributed by atoms with Gasteiger partial charge in [-0.2, -0.15) is 5.10 Å². The molecule has 0 saturated carbocycles. The molecule has 6 heteroatoms. The molecule has 1 aliphatic heterocycles. The molecule has 4 aromatic rings. The minimum Gasteiger partial charge on any atom is -0.457 e. The number of H-pyrrole nitrogens is 2. The molecular weight excluding hydrogens is 352 g/mol. The van der Waals surface area contributed by atoms with E-state index in [4.69, 9.17) is 9.47 Å². The lowest BCUT2D eigenvalue weighted by Gasteiger charge is -2.06. The van der Waals surface area contributed by atoms with Crippen LogP contribution in [0, 0.1) is 0 Å². The molecule has 6 nitrogen and oxygen atoms in total. The molecule has 5 rings (SSSR count). The van der Waals surface area contributed by atoms with Crippen molar-refractivity contribution in [1.29, 1.82) is 0 Å². The molecule has 1 saturated heterocycles. The quantitative estimate of drug-likeness (QED) is 0.505. The van der Waals surface area contributed by atoms with Crippen molar-refractivity contribution in [2.24, 2.45) is 0 Å². The Kier molecular flexibility index (Phi) is 4.54. The fourth-order valence-corrected chi connectivity index (χ4v) is 3.65. The van der Waals surface area contributed by atoms with Crippen LogP contribution in [0.5, 0.6) is 11.5 Å². The third-order valence-electron chi connectivity index (χ3n) is 5.13. The smallest absolute Gasteiger partial charge is 0.129 e. The Morgan fingerprint density at radius 1 is 1.07 bits per heavy atom. The van der Waals surface area contributed by atoms with Gasteiger partial charge in [-0.05, 0) is 67.3 Å². The predicted octanol–water partition coefficient (Wildman–Crippen LogP) is 4.86. The zero-order valence-corrected chi connectivity index (χ0v) is 15.5. The number of ether oxygens (including phenoxy) is 2. The number of hydrogen-bond donors (Lipinski definition) is 2. The van der Waals surface area contributed by atoms with Crippen molar-refractivity contribution in [2.45, 2.75) is 31.8 Å². The Morgan fingerprint density at radius 3 is 2.75 bits per heavy atom. The van der Waals surface area contributed by atoms with Gasteiger partial charge < -0.3 is 14.5 Å². The average Bonchev–Trinajstić information content (AvgIpc) is 3.47. The second-order valence-electron chi connectivity index (χ2n) is 7.13. The highest BCUT2D eigenvalue weighted by Gasteiger charge is 2.16. The molecule has 0 bridgehead atoms. The molecule has 0 aliphatic carbocycles. The van der Waals surface area contributed by atoms with E-state index in [9.17, 15) is 0 Å². The maximum Gasteiger partial charge on any atom is 0.129 e. The fourth-order valence-electron chi connectivity index (χ4n) is 3.65. The molecule has 142 valence electrons. The monoisotopic (exact) mass is 374 g/mol. The van der Waals surface area contributed by atoms with Crippen molar-refractivity contribution in [3.05, 3.63) is 60.6 Å². The number of nitrogens with one attached hydrogen (secondary N) is 2. The molecule has 0 spiro atoms. The first-order valence-electron chi connectivity index (χ1n) is 9.71. The average molecular weight is 374 g/mol. The van der Waals surface area contributed by atoms with Crippen molar-refractivity contribution in [3.8, 4) is 22.8 Å². The van der Waals surface area contributed by atoms with Crippen LogP contribution in [0.2, 0.25) is 0 Å². The van der Waals surface area contributed by atoms with Gasteiger partial charge >= 0.3 is 0 Å².